The van der Waals surface area contributed by atoms with Crippen molar-refractivity contribution in [2.45, 2.75) is 29.6 Å². The van der Waals surface area contributed by atoms with Gasteiger partial charge in [0.25, 0.3) is 0 Å². The molecule has 4 aromatic rings. The van der Waals surface area contributed by atoms with E-state index in [4.69, 9.17) is 0 Å². The highest BCUT2D eigenvalue weighted by atomic mass is 32.2. The van der Waals surface area contributed by atoms with Crippen molar-refractivity contribution in [3.8, 4) is 5.82 Å². The summed E-state index contributed by atoms with van der Waals surface area (Å²) < 4.78 is 28.2. The van der Waals surface area contributed by atoms with Gasteiger partial charge >= 0.3 is 0 Å². The molecule has 3 heterocycles. The SMILES string of the molecule is CCCc1ccc2c3cccc4c3n(c2c1)-c1ncccc1S4(=O)=O. The molecule has 0 saturated carbocycles. The predicted molar refractivity (Wildman–Crippen MR) is 98.0 cm³/mol. The van der Waals surface area contributed by atoms with E-state index in [2.05, 4.69) is 30.1 Å². The lowest BCUT2D eigenvalue weighted by molar-refractivity contribution is 0.594. The first-order valence-corrected chi connectivity index (χ1v) is 9.88. The van der Waals surface area contributed by atoms with Crippen LogP contribution in [0, 0.1) is 0 Å². The van der Waals surface area contributed by atoms with E-state index in [-0.39, 0.29) is 4.90 Å². The smallest absolute Gasteiger partial charge is 0.212 e. The Morgan fingerprint density at radius 2 is 1.84 bits per heavy atom. The third-order valence-corrected chi connectivity index (χ3v) is 6.70. The third kappa shape index (κ3) is 1.81. The molecule has 0 spiro atoms. The summed E-state index contributed by atoms with van der Waals surface area (Å²) in [5, 5.41) is 2.01. The van der Waals surface area contributed by atoms with E-state index in [1.165, 1.54) is 5.56 Å². The average molecular weight is 348 g/mol. The van der Waals surface area contributed by atoms with Gasteiger partial charge in [-0.2, -0.15) is 0 Å². The summed E-state index contributed by atoms with van der Waals surface area (Å²) in [7, 11) is -3.56. The van der Waals surface area contributed by atoms with Crippen LogP contribution in [-0.4, -0.2) is 18.0 Å². The quantitative estimate of drug-likeness (QED) is 0.478. The van der Waals surface area contributed by atoms with Crippen molar-refractivity contribution in [1.29, 1.82) is 0 Å². The maximum Gasteiger partial charge on any atom is 0.212 e. The fraction of sp³-hybridized carbons (Fsp3) is 0.150. The van der Waals surface area contributed by atoms with Crippen molar-refractivity contribution in [1.82, 2.24) is 9.55 Å². The van der Waals surface area contributed by atoms with Crippen LogP contribution in [0.25, 0.3) is 27.6 Å². The van der Waals surface area contributed by atoms with E-state index >= 15 is 0 Å². The summed E-state index contributed by atoms with van der Waals surface area (Å²) in [5.41, 5.74) is 3.00. The molecule has 2 aromatic carbocycles. The predicted octanol–water partition coefficient (Wildman–Crippen LogP) is 4.28. The first-order chi connectivity index (χ1) is 12.1. The minimum atomic E-state index is -3.56. The third-order valence-electron chi connectivity index (χ3n) is 4.90. The maximum atomic E-state index is 13.1. The summed E-state index contributed by atoms with van der Waals surface area (Å²) in [4.78, 5) is 5.05. The molecule has 2 aromatic heterocycles. The van der Waals surface area contributed by atoms with Gasteiger partial charge in [-0.15, -0.1) is 0 Å². The zero-order chi connectivity index (χ0) is 17.2. The molecule has 0 unspecified atom stereocenters. The van der Waals surface area contributed by atoms with Crippen LogP contribution >= 0.6 is 0 Å². The molecule has 1 aliphatic heterocycles. The van der Waals surface area contributed by atoms with E-state index < -0.39 is 9.84 Å². The first-order valence-electron chi connectivity index (χ1n) is 8.39. The highest BCUT2D eigenvalue weighted by Gasteiger charge is 2.33. The van der Waals surface area contributed by atoms with Crippen molar-refractivity contribution in [3.63, 3.8) is 0 Å². The summed E-state index contributed by atoms with van der Waals surface area (Å²) in [6, 6.07) is 15.2. The first kappa shape index (κ1) is 14.7. The van der Waals surface area contributed by atoms with Crippen LogP contribution in [0.1, 0.15) is 18.9 Å². The number of aryl methyl sites for hydroxylation is 1. The molecule has 0 fully saturated rings. The van der Waals surface area contributed by atoms with Gasteiger partial charge < -0.3 is 0 Å². The van der Waals surface area contributed by atoms with Gasteiger partial charge in [-0.05, 0) is 36.2 Å². The number of nitrogens with zero attached hydrogens (tertiary/aromatic N) is 2. The topological polar surface area (TPSA) is 52.0 Å². The van der Waals surface area contributed by atoms with Crippen LogP contribution in [0.2, 0.25) is 0 Å². The number of sulfone groups is 1. The van der Waals surface area contributed by atoms with Crippen molar-refractivity contribution in [2.24, 2.45) is 0 Å². The van der Waals surface area contributed by atoms with Crippen LogP contribution in [-0.2, 0) is 16.3 Å². The maximum absolute atomic E-state index is 13.1. The summed E-state index contributed by atoms with van der Waals surface area (Å²) in [6.45, 7) is 2.16. The summed E-state index contributed by atoms with van der Waals surface area (Å²) in [6.07, 6.45) is 3.72. The van der Waals surface area contributed by atoms with E-state index in [1.807, 2.05) is 16.7 Å². The van der Waals surface area contributed by atoms with Crippen LogP contribution in [0.4, 0.5) is 0 Å². The second-order valence-electron chi connectivity index (χ2n) is 6.42. The Morgan fingerprint density at radius 1 is 1.00 bits per heavy atom. The molecule has 5 heteroatoms. The van der Waals surface area contributed by atoms with Gasteiger partial charge in [-0.1, -0.05) is 37.6 Å². The summed E-state index contributed by atoms with van der Waals surface area (Å²) >= 11 is 0. The second kappa shape index (κ2) is 4.92. The molecule has 0 radical (unpaired) electrons. The molecule has 5 rings (SSSR count). The summed E-state index contributed by atoms with van der Waals surface area (Å²) in [5.74, 6) is 0.495. The number of rotatable bonds is 2. The van der Waals surface area contributed by atoms with Gasteiger partial charge in [0.1, 0.15) is 4.90 Å². The highest BCUT2D eigenvalue weighted by molar-refractivity contribution is 7.92. The second-order valence-corrected chi connectivity index (χ2v) is 8.30. The van der Waals surface area contributed by atoms with Gasteiger partial charge in [-0.25, -0.2) is 13.4 Å². The molecule has 0 saturated heterocycles. The molecule has 0 bridgehead atoms. The lowest BCUT2D eigenvalue weighted by Gasteiger charge is -2.19. The number of pyridine rings is 1. The normalized spacial score (nSPS) is 14.8. The Morgan fingerprint density at radius 3 is 2.68 bits per heavy atom. The zero-order valence-corrected chi connectivity index (χ0v) is 14.5. The Labute approximate surface area is 145 Å². The Hall–Kier alpha value is -2.66. The minimum Gasteiger partial charge on any atom is -0.291 e. The monoisotopic (exact) mass is 348 g/mol. The number of aromatic nitrogens is 2. The number of hydrogen-bond acceptors (Lipinski definition) is 3. The number of fused-ring (bicyclic) bond motifs is 5. The van der Waals surface area contributed by atoms with Crippen LogP contribution in [0.3, 0.4) is 0 Å². The molecule has 0 amide bonds. The number of para-hydroxylation sites is 1. The number of hydrogen-bond donors (Lipinski definition) is 0. The van der Waals surface area contributed by atoms with E-state index in [0.717, 1.165) is 34.6 Å². The van der Waals surface area contributed by atoms with Gasteiger partial charge in [0.05, 0.1) is 15.9 Å². The van der Waals surface area contributed by atoms with Crippen molar-refractivity contribution in [2.75, 3.05) is 0 Å². The Balaban J connectivity index is 2.06. The minimum absolute atomic E-state index is 0.272. The van der Waals surface area contributed by atoms with Crippen LogP contribution in [0.5, 0.6) is 0 Å². The molecule has 1 aliphatic rings. The molecular weight excluding hydrogens is 332 g/mol. The van der Waals surface area contributed by atoms with Crippen molar-refractivity contribution in [3.05, 3.63) is 60.3 Å². The average Bonchev–Trinajstić information content (AvgIpc) is 2.95. The van der Waals surface area contributed by atoms with Gasteiger partial charge in [0, 0.05) is 17.0 Å². The van der Waals surface area contributed by atoms with Crippen LogP contribution < -0.4 is 0 Å². The molecule has 124 valence electrons. The molecule has 25 heavy (non-hydrogen) atoms. The zero-order valence-electron chi connectivity index (χ0n) is 13.7. The molecule has 4 nitrogen and oxygen atoms in total. The standard InChI is InChI=1S/C20H16N2O2S/c1-2-5-13-9-10-14-15-6-3-7-17-19(15)22(16(14)12-13)20-18(25(17,23)24)8-4-11-21-20/h3-4,6-12H,2,5H2,1H3. The lowest BCUT2D eigenvalue weighted by Crippen LogP contribution is -2.15. The molecule has 0 N–H and O–H groups in total. The fourth-order valence-corrected chi connectivity index (χ4v) is 5.43. The largest absolute Gasteiger partial charge is 0.291 e. The van der Waals surface area contributed by atoms with E-state index in [9.17, 15) is 8.42 Å². The Bertz CT molecular complexity index is 1270. The van der Waals surface area contributed by atoms with Gasteiger partial charge in [-0.3, -0.25) is 4.57 Å². The molecule has 0 aliphatic carbocycles. The Kier molecular flexibility index (Phi) is 2.89. The van der Waals surface area contributed by atoms with Gasteiger partial charge in [0.2, 0.25) is 9.84 Å². The van der Waals surface area contributed by atoms with Crippen molar-refractivity contribution < 1.29 is 8.42 Å². The van der Waals surface area contributed by atoms with Crippen molar-refractivity contribution >= 4 is 31.6 Å². The highest BCUT2D eigenvalue weighted by Crippen LogP contribution is 2.42. The van der Waals surface area contributed by atoms with E-state index in [0.29, 0.717) is 10.7 Å². The van der Waals surface area contributed by atoms with Crippen LogP contribution in [0.15, 0.2) is 64.5 Å². The molecule has 0 atom stereocenters. The molecular formula is C20H16N2O2S. The van der Waals surface area contributed by atoms with E-state index in [1.54, 1.807) is 24.4 Å². The van der Waals surface area contributed by atoms with Gasteiger partial charge in [0.15, 0.2) is 5.82 Å². The number of benzene rings is 2. The fourth-order valence-electron chi connectivity index (χ4n) is 3.84. The lowest BCUT2D eigenvalue weighted by atomic mass is 10.1.